The molecular weight excluding hydrogens is 577 g/mol. The maximum Gasteiger partial charge on any atom is 4.00 e. The molecule has 0 saturated carbocycles. The summed E-state index contributed by atoms with van der Waals surface area (Å²) in [7, 11) is 0. The Morgan fingerprint density at radius 2 is 1.39 bits per heavy atom. The van der Waals surface area contributed by atoms with Crippen molar-refractivity contribution in [3.05, 3.63) is 84.7 Å². The van der Waals surface area contributed by atoms with Gasteiger partial charge in [-0.25, -0.2) is 4.79 Å². The summed E-state index contributed by atoms with van der Waals surface area (Å²) in [4.78, 5) is 31.2. The van der Waals surface area contributed by atoms with Crippen LogP contribution in [0.1, 0.15) is 30.6 Å². The summed E-state index contributed by atoms with van der Waals surface area (Å²) >= 11 is 0. The third-order valence-electron chi connectivity index (χ3n) is 4.39. The summed E-state index contributed by atoms with van der Waals surface area (Å²) < 4.78 is 0. The topological polar surface area (TPSA) is 124 Å². The average molecular weight is 605 g/mol. The Labute approximate surface area is 196 Å². The molecule has 7 nitrogen and oxygen atoms in total. The van der Waals surface area contributed by atoms with Gasteiger partial charge in [-0.2, -0.15) is 0 Å². The van der Waals surface area contributed by atoms with E-state index in [-0.39, 0.29) is 38.4 Å². The number of aromatic nitrogens is 2. The Bertz CT molecular complexity index is 859. The van der Waals surface area contributed by atoms with E-state index in [2.05, 4.69) is 15.3 Å². The van der Waals surface area contributed by atoms with Gasteiger partial charge < -0.3 is 15.9 Å². The molecule has 0 spiro atoms. The van der Waals surface area contributed by atoms with Gasteiger partial charge in [0, 0.05) is 18.0 Å². The van der Waals surface area contributed by atoms with E-state index in [0.717, 1.165) is 11.4 Å². The second kappa shape index (κ2) is 15.0. The molecule has 0 bridgehead atoms. The van der Waals surface area contributed by atoms with Crippen LogP contribution < -0.4 is 5.32 Å². The molecule has 2 unspecified atom stereocenters. The van der Waals surface area contributed by atoms with E-state index in [4.69, 9.17) is 5.11 Å². The molecule has 164 valence electrons. The van der Waals surface area contributed by atoms with Crippen molar-refractivity contribution in [1.82, 2.24) is 15.3 Å². The van der Waals surface area contributed by atoms with E-state index < -0.39 is 12.0 Å². The zero-order chi connectivity index (χ0) is 21.1. The second-order valence-corrected chi connectivity index (χ2v) is 6.47. The van der Waals surface area contributed by atoms with Gasteiger partial charge in [0.1, 0.15) is 6.04 Å². The molecule has 0 aliphatic rings. The van der Waals surface area contributed by atoms with Crippen LogP contribution in [-0.2, 0) is 25.9 Å². The summed E-state index contributed by atoms with van der Waals surface area (Å²) in [5.41, 5.74) is 2.30. The maximum atomic E-state index is 11.8. The largest absolute Gasteiger partial charge is 4.00 e. The molecular formula is C23H27N3O4Pt+4. The Kier molecular flexibility index (Phi) is 13.6. The third-order valence-corrected chi connectivity index (χ3v) is 4.39. The predicted molar refractivity (Wildman–Crippen MR) is 116 cm³/mol. The van der Waals surface area contributed by atoms with Crippen molar-refractivity contribution >= 4 is 11.9 Å². The van der Waals surface area contributed by atoms with Gasteiger partial charge in [0.05, 0.1) is 11.4 Å². The molecule has 3 rings (SSSR count). The minimum atomic E-state index is -0.997. The van der Waals surface area contributed by atoms with Crippen molar-refractivity contribution in [1.29, 1.82) is 0 Å². The molecule has 2 atom stereocenters. The van der Waals surface area contributed by atoms with Gasteiger partial charge in [-0.1, -0.05) is 50.6 Å². The minimum Gasteiger partial charge on any atom is -0.480 e. The van der Waals surface area contributed by atoms with E-state index in [1.54, 1.807) is 42.7 Å². The number of carbonyl (C=O) groups excluding carboxylic acids is 1. The molecule has 0 radical (unpaired) electrons. The normalized spacial score (nSPS) is 11.3. The van der Waals surface area contributed by atoms with Crippen molar-refractivity contribution in [2.24, 2.45) is 5.92 Å². The molecule has 0 fully saturated rings. The van der Waals surface area contributed by atoms with Crippen LogP contribution in [0.25, 0.3) is 11.4 Å². The van der Waals surface area contributed by atoms with Crippen molar-refractivity contribution in [2.45, 2.75) is 26.3 Å². The van der Waals surface area contributed by atoms with Crippen LogP contribution >= 0.6 is 0 Å². The summed E-state index contributed by atoms with van der Waals surface area (Å²) in [6, 6.07) is 19.4. The first-order valence-corrected chi connectivity index (χ1v) is 9.44. The Morgan fingerprint density at radius 3 is 1.77 bits per heavy atom. The number of hydrogen-bond donors (Lipinski definition) is 2. The second-order valence-electron chi connectivity index (χ2n) is 6.47. The number of rotatable bonds is 6. The zero-order valence-corrected chi connectivity index (χ0v) is 19.6. The molecule has 0 aliphatic carbocycles. The van der Waals surface area contributed by atoms with Gasteiger partial charge in [0.25, 0.3) is 5.91 Å². The van der Waals surface area contributed by atoms with Crippen LogP contribution in [0.3, 0.4) is 0 Å². The van der Waals surface area contributed by atoms with Crippen LogP contribution in [0.4, 0.5) is 0 Å². The molecule has 2 aromatic heterocycles. The van der Waals surface area contributed by atoms with Gasteiger partial charge >= 0.3 is 27.0 Å². The number of benzene rings is 1. The maximum absolute atomic E-state index is 11.8. The fourth-order valence-electron chi connectivity index (χ4n) is 2.53. The number of amides is 1. The first-order chi connectivity index (χ1) is 14.0. The van der Waals surface area contributed by atoms with E-state index >= 15 is 0 Å². The molecule has 0 aliphatic heterocycles. The van der Waals surface area contributed by atoms with Crippen LogP contribution in [-0.4, -0.2) is 38.5 Å². The average Bonchev–Trinajstić information content (AvgIpc) is 2.79. The number of nitrogens with zero attached hydrogens (tertiary/aromatic N) is 2. The van der Waals surface area contributed by atoms with Gasteiger partial charge in [-0.15, -0.1) is 0 Å². The molecule has 1 amide bonds. The summed E-state index contributed by atoms with van der Waals surface area (Å²) in [6.45, 7) is 3.71. The number of carboxylic acid groups (broad SMARTS) is 1. The molecule has 8 heteroatoms. The number of aliphatic carboxylic acids is 1. The number of carboxylic acids is 1. The first kappa shape index (κ1) is 28.1. The number of nitrogens with one attached hydrogen (secondary N) is 1. The molecule has 2 heterocycles. The van der Waals surface area contributed by atoms with Crippen molar-refractivity contribution < 1.29 is 41.2 Å². The standard InChI is InChI=1S/C13H17NO3.C10H8N2.H2O.Pt/c1-3-9(2)11(13(16)17)14-12(15)10-7-5-4-6-8-10;1-3-7-11-9(5-1)10-6-2-4-8-12-10;;/h4-9,11H,3H2,1-2H3,(H,14,15)(H,16,17);1-8H;1H2;/q;;;+4. The predicted octanol–water partition coefficient (Wildman–Crippen LogP) is 3.23. The van der Waals surface area contributed by atoms with E-state index in [1.807, 2.05) is 50.2 Å². The van der Waals surface area contributed by atoms with Crippen LogP contribution in [0.15, 0.2) is 79.1 Å². The summed E-state index contributed by atoms with van der Waals surface area (Å²) in [6.07, 6.45) is 4.24. The SMILES string of the molecule is CCC(C)C(NC(=O)c1ccccc1)C(=O)O.O.[Pt+4].c1ccc(-c2ccccn2)nc1. The van der Waals surface area contributed by atoms with E-state index in [0.29, 0.717) is 12.0 Å². The third kappa shape index (κ3) is 9.20. The Balaban J connectivity index is 0.000000570. The van der Waals surface area contributed by atoms with Gasteiger partial charge in [-0.05, 0) is 42.3 Å². The van der Waals surface area contributed by atoms with Gasteiger partial charge in [0.2, 0.25) is 0 Å². The van der Waals surface area contributed by atoms with Crippen molar-refractivity contribution in [3.8, 4) is 11.4 Å². The van der Waals surface area contributed by atoms with Gasteiger partial charge in [-0.3, -0.25) is 14.8 Å². The monoisotopic (exact) mass is 604 g/mol. The summed E-state index contributed by atoms with van der Waals surface area (Å²) in [5, 5.41) is 11.6. The molecule has 0 saturated heterocycles. The van der Waals surface area contributed by atoms with Crippen LogP contribution in [0.5, 0.6) is 0 Å². The van der Waals surface area contributed by atoms with Crippen LogP contribution in [0, 0.1) is 5.92 Å². The fourth-order valence-corrected chi connectivity index (χ4v) is 2.53. The number of pyridine rings is 2. The smallest absolute Gasteiger partial charge is 0.480 e. The fraction of sp³-hybridized carbons (Fsp3) is 0.217. The van der Waals surface area contributed by atoms with E-state index in [1.165, 1.54) is 0 Å². The van der Waals surface area contributed by atoms with Gasteiger partial charge in [0.15, 0.2) is 0 Å². The van der Waals surface area contributed by atoms with Crippen molar-refractivity contribution in [3.63, 3.8) is 0 Å². The quantitative estimate of drug-likeness (QED) is 0.447. The van der Waals surface area contributed by atoms with Crippen molar-refractivity contribution in [2.75, 3.05) is 0 Å². The molecule has 3 aromatic rings. The van der Waals surface area contributed by atoms with E-state index in [9.17, 15) is 9.59 Å². The zero-order valence-electron chi connectivity index (χ0n) is 17.3. The number of hydrogen-bond acceptors (Lipinski definition) is 4. The Morgan fingerprint density at radius 1 is 0.903 bits per heavy atom. The summed E-state index contributed by atoms with van der Waals surface area (Å²) in [5.74, 6) is -1.44. The molecule has 1 aromatic carbocycles. The minimum absolute atomic E-state index is 0. The molecule has 4 N–H and O–H groups in total. The first-order valence-electron chi connectivity index (χ1n) is 9.44. The Hall–Kier alpha value is -2.89. The van der Waals surface area contributed by atoms with Crippen LogP contribution in [0.2, 0.25) is 0 Å². The number of carbonyl (C=O) groups is 2. The molecule has 31 heavy (non-hydrogen) atoms.